The first kappa shape index (κ1) is 15.0. The first-order chi connectivity index (χ1) is 11.3. The number of hydrogen-bond acceptors (Lipinski definition) is 3. The molecular weight excluding hydrogens is 286 g/mol. The maximum atomic E-state index is 5.89. The summed E-state index contributed by atoms with van der Waals surface area (Å²) in [4.78, 5) is 0. The van der Waals surface area contributed by atoms with Crippen LogP contribution in [0.15, 0.2) is 78.9 Å². The predicted octanol–water partition coefficient (Wildman–Crippen LogP) is 4.43. The third kappa shape index (κ3) is 4.27. The lowest BCUT2D eigenvalue weighted by Gasteiger charge is -2.13. The van der Waals surface area contributed by atoms with Crippen LogP contribution < -0.4 is 15.2 Å². The minimum atomic E-state index is 0.478. The molecule has 0 heterocycles. The molecule has 0 radical (unpaired) electrons. The first-order valence-corrected chi connectivity index (χ1v) is 7.54. The second kappa shape index (κ2) is 7.36. The van der Waals surface area contributed by atoms with E-state index in [-0.39, 0.29) is 0 Å². The standard InChI is InChI=1S/C20H19NO2/c21-18-11-12-19(22-14-16-7-3-1-4-8-16)20(13-18)23-15-17-9-5-2-6-10-17/h1-13H,14-15,21H2. The zero-order chi connectivity index (χ0) is 15.9. The van der Waals surface area contributed by atoms with Gasteiger partial charge >= 0.3 is 0 Å². The fourth-order valence-corrected chi connectivity index (χ4v) is 2.23. The summed E-state index contributed by atoms with van der Waals surface area (Å²) in [6.07, 6.45) is 0. The van der Waals surface area contributed by atoms with Crippen molar-refractivity contribution in [2.24, 2.45) is 0 Å². The van der Waals surface area contributed by atoms with E-state index in [9.17, 15) is 0 Å². The minimum absolute atomic E-state index is 0.478. The van der Waals surface area contributed by atoms with Crippen LogP contribution in [0, 0.1) is 0 Å². The highest BCUT2D eigenvalue weighted by Gasteiger charge is 2.07. The zero-order valence-corrected chi connectivity index (χ0v) is 12.8. The highest BCUT2D eigenvalue weighted by molar-refractivity contribution is 5.52. The van der Waals surface area contributed by atoms with Crippen molar-refractivity contribution in [1.29, 1.82) is 0 Å². The van der Waals surface area contributed by atoms with Crippen LogP contribution in [0.3, 0.4) is 0 Å². The number of nitrogens with two attached hydrogens (primary N) is 1. The SMILES string of the molecule is Nc1ccc(OCc2ccccc2)c(OCc2ccccc2)c1. The van der Waals surface area contributed by atoms with Crippen molar-refractivity contribution in [3.8, 4) is 11.5 Å². The Kier molecular flexibility index (Phi) is 4.79. The van der Waals surface area contributed by atoms with E-state index < -0.39 is 0 Å². The van der Waals surface area contributed by atoms with Gasteiger partial charge in [0.15, 0.2) is 11.5 Å². The Morgan fingerprint density at radius 3 is 1.70 bits per heavy atom. The first-order valence-electron chi connectivity index (χ1n) is 7.54. The number of anilines is 1. The lowest BCUT2D eigenvalue weighted by molar-refractivity contribution is 0.256. The van der Waals surface area contributed by atoms with E-state index in [4.69, 9.17) is 15.2 Å². The van der Waals surface area contributed by atoms with Gasteiger partial charge in [-0.25, -0.2) is 0 Å². The van der Waals surface area contributed by atoms with Gasteiger partial charge in [0.05, 0.1) is 0 Å². The molecule has 3 nitrogen and oxygen atoms in total. The summed E-state index contributed by atoms with van der Waals surface area (Å²) in [5, 5.41) is 0. The molecule has 0 fully saturated rings. The van der Waals surface area contributed by atoms with E-state index in [1.54, 1.807) is 6.07 Å². The largest absolute Gasteiger partial charge is 0.485 e. The summed E-state index contributed by atoms with van der Waals surface area (Å²) >= 11 is 0. The number of benzene rings is 3. The van der Waals surface area contributed by atoms with Crippen LogP contribution in [-0.2, 0) is 13.2 Å². The van der Waals surface area contributed by atoms with Crippen molar-refractivity contribution in [1.82, 2.24) is 0 Å². The van der Waals surface area contributed by atoms with Crippen LogP contribution in [0.25, 0.3) is 0 Å². The quantitative estimate of drug-likeness (QED) is 0.685. The fraction of sp³-hybridized carbons (Fsp3) is 0.100. The molecule has 0 unspecified atom stereocenters. The van der Waals surface area contributed by atoms with Crippen LogP contribution in [0.2, 0.25) is 0 Å². The molecule has 3 aromatic carbocycles. The van der Waals surface area contributed by atoms with Gasteiger partial charge < -0.3 is 15.2 Å². The molecule has 116 valence electrons. The molecule has 0 aromatic heterocycles. The maximum Gasteiger partial charge on any atom is 0.163 e. The van der Waals surface area contributed by atoms with Crippen LogP contribution in [-0.4, -0.2) is 0 Å². The van der Waals surface area contributed by atoms with E-state index in [2.05, 4.69) is 0 Å². The molecule has 0 aliphatic heterocycles. The minimum Gasteiger partial charge on any atom is -0.485 e. The second-order valence-electron chi connectivity index (χ2n) is 5.25. The number of nitrogen functional groups attached to an aromatic ring is 1. The molecule has 3 rings (SSSR count). The average molecular weight is 305 g/mol. The van der Waals surface area contributed by atoms with Gasteiger partial charge in [-0.2, -0.15) is 0 Å². The van der Waals surface area contributed by atoms with E-state index in [0.717, 1.165) is 11.1 Å². The second-order valence-corrected chi connectivity index (χ2v) is 5.25. The Morgan fingerprint density at radius 2 is 1.13 bits per heavy atom. The highest BCUT2D eigenvalue weighted by atomic mass is 16.5. The molecule has 3 heteroatoms. The Bertz CT molecular complexity index is 742. The maximum absolute atomic E-state index is 5.89. The van der Waals surface area contributed by atoms with E-state index in [1.165, 1.54) is 0 Å². The van der Waals surface area contributed by atoms with Gasteiger partial charge in [0.2, 0.25) is 0 Å². The molecule has 0 bridgehead atoms. The van der Waals surface area contributed by atoms with Crippen LogP contribution in [0.1, 0.15) is 11.1 Å². The molecule has 3 aromatic rings. The molecule has 0 atom stereocenters. The number of rotatable bonds is 6. The van der Waals surface area contributed by atoms with E-state index in [1.807, 2.05) is 72.8 Å². The van der Waals surface area contributed by atoms with Gasteiger partial charge in [-0.1, -0.05) is 60.7 Å². The van der Waals surface area contributed by atoms with Gasteiger partial charge in [-0.15, -0.1) is 0 Å². The summed E-state index contributed by atoms with van der Waals surface area (Å²) in [5.41, 5.74) is 8.73. The highest BCUT2D eigenvalue weighted by Crippen LogP contribution is 2.30. The summed E-state index contributed by atoms with van der Waals surface area (Å²) in [6, 6.07) is 25.5. The lowest BCUT2D eigenvalue weighted by atomic mass is 10.2. The van der Waals surface area contributed by atoms with Crippen molar-refractivity contribution in [3.05, 3.63) is 90.0 Å². The lowest BCUT2D eigenvalue weighted by Crippen LogP contribution is -2.01. The Labute approximate surface area is 136 Å². The summed E-state index contributed by atoms with van der Waals surface area (Å²) < 4.78 is 11.8. The van der Waals surface area contributed by atoms with E-state index >= 15 is 0 Å². The molecule has 0 aliphatic rings. The van der Waals surface area contributed by atoms with Gasteiger partial charge in [0.25, 0.3) is 0 Å². The summed E-state index contributed by atoms with van der Waals surface area (Å²) in [7, 11) is 0. The third-order valence-corrected chi connectivity index (χ3v) is 3.44. The molecule has 2 N–H and O–H groups in total. The number of hydrogen-bond donors (Lipinski definition) is 1. The molecule has 0 aliphatic carbocycles. The van der Waals surface area contributed by atoms with Gasteiger partial charge in [0, 0.05) is 11.8 Å². The van der Waals surface area contributed by atoms with Crippen LogP contribution in [0.4, 0.5) is 5.69 Å². The molecule has 0 saturated heterocycles. The molecule has 0 saturated carbocycles. The van der Waals surface area contributed by atoms with Crippen molar-refractivity contribution in [3.63, 3.8) is 0 Å². The smallest absolute Gasteiger partial charge is 0.163 e. The van der Waals surface area contributed by atoms with Gasteiger partial charge in [-0.3, -0.25) is 0 Å². The normalized spacial score (nSPS) is 10.3. The number of ether oxygens (including phenoxy) is 2. The topological polar surface area (TPSA) is 44.5 Å². The molecule has 0 spiro atoms. The summed E-state index contributed by atoms with van der Waals surface area (Å²) in [5.74, 6) is 1.35. The van der Waals surface area contributed by atoms with Crippen molar-refractivity contribution >= 4 is 5.69 Å². The predicted molar refractivity (Wildman–Crippen MR) is 92.4 cm³/mol. The van der Waals surface area contributed by atoms with Crippen LogP contribution in [0.5, 0.6) is 11.5 Å². The zero-order valence-electron chi connectivity index (χ0n) is 12.8. The van der Waals surface area contributed by atoms with Crippen molar-refractivity contribution in [2.45, 2.75) is 13.2 Å². The van der Waals surface area contributed by atoms with Crippen LogP contribution >= 0.6 is 0 Å². The van der Waals surface area contributed by atoms with Crippen molar-refractivity contribution < 1.29 is 9.47 Å². The Hall–Kier alpha value is -2.94. The third-order valence-electron chi connectivity index (χ3n) is 3.44. The monoisotopic (exact) mass is 305 g/mol. The summed E-state index contributed by atoms with van der Waals surface area (Å²) in [6.45, 7) is 0.971. The van der Waals surface area contributed by atoms with Gasteiger partial charge in [0.1, 0.15) is 13.2 Å². The van der Waals surface area contributed by atoms with Gasteiger partial charge in [-0.05, 0) is 23.3 Å². The Morgan fingerprint density at radius 1 is 0.609 bits per heavy atom. The van der Waals surface area contributed by atoms with Crippen molar-refractivity contribution in [2.75, 3.05) is 5.73 Å². The van der Waals surface area contributed by atoms with E-state index in [0.29, 0.717) is 30.4 Å². The molecular formula is C20H19NO2. The average Bonchev–Trinajstić information content (AvgIpc) is 2.61. The molecule has 23 heavy (non-hydrogen) atoms. The Balaban J connectivity index is 1.70. The molecule has 0 amide bonds. The fourth-order valence-electron chi connectivity index (χ4n) is 2.23.